The average Bonchev–Trinajstić information content (AvgIpc) is 2.79. The maximum atomic E-state index is 12.2. The molecule has 0 bridgehead atoms. The molecule has 0 aliphatic rings. The zero-order chi connectivity index (χ0) is 26.3. The highest BCUT2D eigenvalue weighted by Gasteiger charge is 2.21. The van der Waals surface area contributed by atoms with Gasteiger partial charge < -0.3 is 24.4 Å². The summed E-state index contributed by atoms with van der Waals surface area (Å²) in [6.45, 7) is 4.05. The van der Waals surface area contributed by atoms with Gasteiger partial charge in [0, 0.05) is 13.8 Å². The van der Waals surface area contributed by atoms with Crippen LogP contribution in [-0.4, -0.2) is 59.6 Å². The average molecular weight is 503 g/mol. The number of carbonyl (C=O) groups excluding carboxylic acids is 3. The Balaban J connectivity index is 3.99. The van der Waals surface area contributed by atoms with Crippen molar-refractivity contribution in [2.75, 3.05) is 13.2 Å². The van der Waals surface area contributed by atoms with Crippen LogP contribution in [0.15, 0.2) is 0 Å². The predicted octanol–water partition coefficient (Wildman–Crippen LogP) is 5.01. The molecule has 3 unspecified atom stereocenters. The van der Waals surface area contributed by atoms with Crippen LogP contribution in [0.25, 0.3) is 0 Å². The highest BCUT2D eigenvalue weighted by atomic mass is 16.6. The topological polar surface area (TPSA) is 119 Å². The summed E-state index contributed by atoms with van der Waals surface area (Å²) in [5.74, 6) is -1.63. The summed E-state index contributed by atoms with van der Waals surface area (Å²) in [6.07, 6.45) is 14.1. The van der Waals surface area contributed by atoms with E-state index in [0.717, 1.165) is 38.5 Å². The summed E-state index contributed by atoms with van der Waals surface area (Å²) in [5.41, 5.74) is 0. The molecule has 0 amide bonds. The number of hydrogen-bond acceptors (Lipinski definition) is 8. The molecule has 35 heavy (non-hydrogen) atoms. The number of hydrogen-bond donors (Lipinski definition) is 2. The fourth-order valence-electron chi connectivity index (χ4n) is 3.96. The third-order valence-corrected chi connectivity index (χ3v) is 5.91. The van der Waals surface area contributed by atoms with Gasteiger partial charge in [-0.1, -0.05) is 77.6 Å². The van der Waals surface area contributed by atoms with Gasteiger partial charge >= 0.3 is 17.9 Å². The first-order valence-electron chi connectivity index (χ1n) is 13.6. The van der Waals surface area contributed by atoms with Gasteiger partial charge in [0.25, 0.3) is 0 Å². The molecule has 0 radical (unpaired) electrons. The Bertz CT molecular complexity index is 551. The van der Waals surface area contributed by atoms with E-state index >= 15 is 0 Å². The molecule has 206 valence electrons. The van der Waals surface area contributed by atoms with Crippen molar-refractivity contribution in [1.82, 2.24) is 0 Å². The Morgan fingerprint density at radius 2 is 1.20 bits per heavy atom. The zero-order valence-corrected chi connectivity index (χ0v) is 22.3. The van der Waals surface area contributed by atoms with Crippen LogP contribution in [0.3, 0.4) is 0 Å². The van der Waals surface area contributed by atoms with Gasteiger partial charge in [-0.25, -0.2) is 0 Å². The Labute approximate surface area is 212 Å². The Hall–Kier alpha value is -1.67. The normalized spacial score (nSPS) is 13.6. The number of ether oxygens (including phenoxy) is 3. The lowest BCUT2D eigenvalue weighted by molar-refractivity contribution is -0.164. The molecular weight excluding hydrogens is 452 g/mol. The van der Waals surface area contributed by atoms with Crippen LogP contribution in [0.5, 0.6) is 0 Å². The van der Waals surface area contributed by atoms with Gasteiger partial charge in [-0.3, -0.25) is 14.4 Å². The van der Waals surface area contributed by atoms with Crippen LogP contribution in [0, 0.1) is 0 Å². The summed E-state index contributed by atoms with van der Waals surface area (Å²) >= 11 is 0. The van der Waals surface area contributed by atoms with Crippen molar-refractivity contribution in [2.45, 2.75) is 142 Å². The number of carbonyl (C=O) groups is 3. The molecule has 0 aromatic heterocycles. The van der Waals surface area contributed by atoms with Gasteiger partial charge in [0.15, 0.2) is 6.10 Å². The molecule has 0 rings (SSSR count). The molecule has 8 nitrogen and oxygen atoms in total. The fourth-order valence-corrected chi connectivity index (χ4v) is 3.96. The van der Waals surface area contributed by atoms with Crippen molar-refractivity contribution in [3.63, 3.8) is 0 Å². The summed E-state index contributed by atoms with van der Waals surface area (Å²) < 4.78 is 15.1. The highest BCUT2D eigenvalue weighted by molar-refractivity contribution is 5.71. The van der Waals surface area contributed by atoms with E-state index in [2.05, 4.69) is 6.92 Å². The third-order valence-electron chi connectivity index (χ3n) is 5.91. The minimum atomic E-state index is -0.948. The summed E-state index contributed by atoms with van der Waals surface area (Å²) in [6, 6.07) is 0. The lowest BCUT2D eigenvalue weighted by atomic mass is 10.0. The van der Waals surface area contributed by atoms with Crippen LogP contribution >= 0.6 is 0 Å². The molecule has 0 aromatic rings. The molecule has 0 heterocycles. The van der Waals surface area contributed by atoms with Crippen molar-refractivity contribution in [3.8, 4) is 0 Å². The molecular formula is C27H50O8. The van der Waals surface area contributed by atoms with Crippen molar-refractivity contribution in [3.05, 3.63) is 0 Å². The second-order valence-electron chi connectivity index (χ2n) is 9.44. The lowest BCUT2D eigenvalue weighted by Crippen LogP contribution is -2.30. The quantitative estimate of drug-likeness (QED) is 0.114. The fraction of sp³-hybridized carbons (Fsp3) is 0.889. The highest BCUT2D eigenvalue weighted by Crippen LogP contribution is 2.16. The largest absolute Gasteiger partial charge is 0.462 e. The molecule has 0 aromatic carbocycles. The van der Waals surface area contributed by atoms with E-state index < -0.39 is 36.7 Å². The second kappa shape index (κ2) is 22.8. The van der Waals surface area contributed by atoms with Crippen LogP contribution in [0.1, 0.15) is 124 Å². The first-order chi connectivity index (χ1) is 16.8. The number of unbranched alkanes of at least 4 members (excludes halogenated alkanes) is 10. The SMILES string of the molecule is CCCCCCCCCCCC(O)CCCCCC(CC(=O)OC(CO)COC(C)=O)OC(C)=O. The van der Waals surface area contributed by atoms with Gasteiger partial charge in [-0.15, -0.1) is 0 Å². The molecule has 0 saturated heterocycles. The number of aliphatic hydroxyl groups is 2. The van der Waals surface area contributed by atoms with Gasteiger partial charge in [0.2, 0.25) is 0 Å². The molecule has 0 fully saturated rings. The smallest absolute Gasteiger partial charge is 0.310 e. The standard InChI is InChI=1S/C27H50O8/c1-4-5-6-7-8-9-10-11-13-16-24(31)17-14-12-15-18-25(34-23(3)30)19-27(32)35-26(20-28)21-33-22(2)29/h24-26,28,31H,4-21H2,1-3H3. The van der Waals surface area contributed by atoms with E-state index in [9.17, 15) is 24.6 Å². The van der Waals surface area contributed by atoms with E-state index in [1.54, 1.807) is 0 Å². The molecule has 2 N–H and O–H groups in total. The van der Waals surface area contributed by atoms with Gasteiger partial charge in [0.05, 0.1) is 19.1 Å². The first kappa shape index (κ1) is 33.3. The van der Waals surface area contributed by atoms with Gasteiger partial charge in [-0.2, -0.15) is 0 Å². The van der Waals surface area contributed by atoms with Crippen LogP contribution in [0.4, 0.5) is 0 Å². The molecule has 8 heteroatoms. The molecule has 0 aliphatic carbocycles. The number of aliphatic hydroxyl groups excluding tert-OH is 2. The summed E-state index contributed by atoms with van der Waals surface area (Å²) in [4.78, 5) is 34.4. The molecule has 0 aliphatic heterocycles. The van der Waals surface area contributed by atoms with Crippen molar-refractivity contribution in [2.24, 2.45) is 0 Å². The van der Waals surface area contributed by atoms with Crippen LogP contribution in [-0.2, 0) is 28.6 Å². The molecule has 0 spiro atoms. The van der Waals surface area contributed by atoms with Crippen molar-refractivity contribution in [1.29, 1.82) is 0 Å². The Morgan fingerprint density at radius 1 is 0.686 bits per heavy atom. The van der Waals surface area contributed by atoms with E-state index in [1.165, 1.54) is 65.2 Å². The number of esters is 3. The minimum absolute atomic E-state index is 0.128. The Morgan fingerprint density at radius 3 is 1.71 bits per heavy atom. The zero-order valence-electron chi connectivity index (χ0n) is 22.3. The predicted molar refractivity (Wildman–Crippen MR) is 135 cm³/mol. The van der Waals surface area contributed by atoms with E-state index in [1.807, 2.05) is 0 Å². The van der Waals surface area contributed by atoms with E-state index in [-0.39, 0.29) is 19.1 Å². The van der Waals surface area contributed by atoms with Crippen LogP contribution in [0.2, 0.25) is 0 Å². The third kappa shape index (κ3) is 22.5. The summed E-state index contributed by atoms with van der Waals surface area (Å²) in [5, 5.41) is 19.5. The lowest BCUT2D eigenvalue weighted by Gasteiger charge is -2.19. The van der Waals surface area contributed by atoms with Crippen molar-refractivity contribution < 1.29 is 38.8 Å². The molecule has 3 atom stereocenters. The van der Waals surface area contributed by atoms with E-state index in [4.69, 9.17) is 14.2 Å². The van der Waals surface area contributed by atoms with Gasteiger partial charge in [0.1, 0.15) is 12.7 Å². The van der Waals surface area contributed by atoms with E-state index in [0.29, 0.717) is 6.42 Å². The second-order valence-corrected chi connectivity index (χ2v) is 9.44. The maximum Gasteiger partial charge on any atom is 0.310 e. The molecule has 0 saturated carbocycles. The summed E-state index contributed by atoms with van der Waals surface area (Å²) in [7, 11) is 0. The Kier molecular flexibility index (Phi) is 21.7. The number of rotatable bonds is 23. The maximum absolute atomic E-state index is 12.2. The monoisotopic (exact) mass is 502 g/mol. The van der Waals surface area contributed by atoms with Crippen LogP contribution < -0.4 is 0 Å². The van der Waals surface area contributed by atoms with Gasteiger partial charge in [-0.05, 0) is 25.7 Å². The van der Waals surface area contributed by atoms with Crippen molar-refractivity contribution >= 4 is 17.9 Å². The first-order valence-corrected chi connectivity index (χ1v) is 13.6. The minimum Gasteiger partial charge on any atom is -0.462 e.